The molecule has 2 heterocycles. The first-order valence-electron chi connectivity index (χ1n) is 7.06. The Labute approximate surface area is 109 Å². The fraction of sp³-hybridized carbons (Fsp3) is 0.786. The maximum absolute atomic E-state index is 5.44. The summed E-state index contributed by atoms with van der Waals surface area (Å²) in [5.41, 5.74) is 1.34. The molecular formula is C14H23N3O. The van der Waals surface area contributed by atoms with E-state index in [4.69, 9.17) is 4.52 Å². The first-order valence-corrected chi connectivity index (χ1v) is 7.06. The SMILES string of the molecule is CC1(C)CCCN1Cc1cc(CNC2CC2)no1. The quantitative estimate of drug-likeness (QED) is 0.869. The lowest BCUT2D eigenvalue weighted by molar-refractivity contribution is 0.149. The van der Waals surface area contributed by atoms with Crippen LogP contribution in [-0.4, -0.2) is 28.2 Å². The molecule has 4 heteroatoms. The molecule has 1 aliphatic carbocycles. The molecule has 1 saturated heterocycles. The fourth-order valence-electron chi connectivity index (χ4n) is 2.69. The minimum atomic E-state index is 0.305. The van der Waals surface area contributed by atoms with Gasteiger partial charge in [0.25, 0.3) is 0 Å². The lowest BCUT2D eigenvalue weighted by Gasteiger charge is -2.30. The number of rotatable bonds is 5. The summed E-state index contributed by atoms with van der Waals surface area (Å²) in [6.07, 6.45) is 5.19. The minimum absolute atomic E-state index is 0.305. The van der Waals surface area contributed by atoms with Crippen molar-refractivity contribution in [1.29, 1.82) is 0 Å². The standard InChI is InChI=1S/C14H23N3O/c1-14(2)6-3-7-17(14)10-13-8-12(16-18-13)9-15-11-4-5-11/h8,11,15H,3-7,9-10H2,1-2H3. The number of hydrogen-bond acceptors (Lipinski definition) is 4. The molecule has 0 aromatic carbocycles. The van der Waals surface area contributed by atoms with Gasteiger partial charge in [-0.25, -0.2) is 0 Å². The summed E-state index contributed by atoms with van der Waals surface area (Å²) in [6, 6.07) is 2.83. The third-order valence-electron chi connectivity index (χ3n) is 4.18. The van der Waals surface area contributed by atoms with Gasteiger partial charge in [0.05, 0.1) is 12.2 Å². The van der Waals surface area contributed by atoms with Gasteiger partial charge < -0.3 is 9.84 Å². The predicted octanol–water partition coefficient (Wildman–Crippen LogP) is 2.30. The van der Waals surface area contributed by atoms with E-state index in [1.807, 2.05) is 0 Å². The first-order chi connectivity index (χ1) is 8.63. The van der Waals surface area contributed by atoms with Gasteiger partial charge in [0.15, 0.2) is 5.76 Å². The van der Waals surface area contributed by atoms with Crippen LogP contribution in [0.2, 0.25) is 0 Å². The summed E-state index contributed by atoms with van der Waals surface area (Å²) in [5, 5.41) is 7.60. The van der Waals surface area contributed by atoms with Crippen molar-refractivity contribution in [1.82, 2.24) is 15.4 Å². The van der Waals surface area contributed by atoms with Crippen LogP contribution in [0, 0.1) is 0 Å². The molecule has 3 rings (SSSR count). The second-order valence-electron chi connectivity index (χ2n) is 6.28. The van der Waals surface area contributed by atoms with Crippen LogP contribution in [0.5, 0.6) is 0 Å². The molecule has 2 aliphatic rings. The normalized spacial score (nSPS) is 23.7. The lowest BCUT2D eigenvalue weighted by Crippen LogP contribution is -2.37. The van der Waals surface area contributed by atoms with Crippen LogP contribution in [0.25, 0.3) is 0 Å². The molecule has 18 heavy (non-hydrogen) atoms. The Balaban J connectivity index is 1.55. The van der Waals surface area contributed by atoms with E-state index >= 15 is 0 Å². The Bertz CT molecular complexity index is 409. The predicted molar refractivity (Wildman–Crippen MR) is 70.1 cm³/mol. The van der Waals surface area contributed by atoms with E-state index in [-0.39, 0.29) is 0 Å². The van der Waals surface area contributed by atoms with Crippen molar-refractivity contribution < 1.29 is 4.52 Å². The summed E-state index contributed by atoms with van der Waals surface area (Å²) >= 11 is 0. The van der Waals surface area contributed by atoms with E-state index in [9.17, 15) is 0 Å². The van der Waals surface area contributed by atoms with E-state index in [1.165, 1.54) is 32.2 Å². The highest BCUT2D eigenvalue weighted by molar-refractivity contribution is 5.07. The van der Waals surface area contributed by atoms with Crippen LogP contribution in [0.1, 0.15) is 51.0 Å². The van der Waals surface area contributed by atoms with Gasteiger partial charge in [0.2, 0.25) is 0 Å². The van der Waals surface area contributed by atoms with Gasteiger partial charge in [0, 0.05) is 24.2 Å². The van der Waals surface area contributed by atoms with Crippen LogP contribution in [0.4, 0.5) is 0 Å². The molecule has 0 radical (unpaired) electrons. The Morgan fingerprint density at radius 1 is 1.50 bits per heavy atom. The van der Waals surface area contributed by atoms with Gasteiger partial charge in [-0.15, -0.1) is 0 Å². The van der Waals surface area contributed by atoms with E-state index in [0.29, 0.717) is 5.54 Å². The Morgan fingerprint density at radius 2 is 2.33 bits per heavy atom. The van der Waals surface area contributed by atoms with Crippen LogP contribution < -0.4 is 5.32 Å². The van der Waals surface area contributed by atoms with Crippen LogP contribution >= 0.6 is 0 Å². The number of nitrogens with one attached hydrogen (secondary N) is 1. The van der Waals surface area contributed by atoms with E-state index in [1.54, 1.807) is 0 Å². The number of nitrogens with zero attached hydrogens (tertiary/aromatic N) is 2. The Kier molecular flexibility index (Phi) is 3.16. The van der Waals surface area contributed by atoms with Gasteiger partial charge >= 0.3 is 0 Å². The first kappa shape index (κ1) is 12.2. The summed E-state index contributed by atoms with van der Waals surface area (Å²) < 4.78 is 5.44. The zero-order valence-corrected chi connectivity index (χ0v) is 11.4. The lowest BCUT2D eigenvalue weighted by atomic mass is 10.0. The smallest absolute Gasteiger partial charge is 0.151 e. The van der Waals surface area contributed by atoms with Crippen molar-refractivity contribution in [3.8, 4) is 0 Å². The molecular weight excluding hydrogens is 226 g/mol. The second-order valence-corrected chi connectivity index (χ2v) is 6.28. The third-order valence-corrected chi connectivity index (χ3v) is 4.18. The summed E-state index contributed by atoms with van der Waals surface area (Å²) in [7, 11) is 0. The summed E-state index contributed by atoms with van der Waals surface area (Å²) in [6.45, 7) is 7.53. The molecule has 4 nitrogen and oxygen atoms in total. The third kappa shape index (κ3) is 2.75. The van der Waals surface area contributed by atoms with E-state index < -0.39 is 0 Å². The number of hydrogen-bond donors (Lipinski definition) is 1. The van der Waals surface area contributed by atoms with Gasteiger partial charge in [-0.2, -0.15) is 0 Å². The molecule has 0 spiro atoms. The summed E-state index contributed by atoms with van der Waals surface area (Å²) in [4.78, 5) is 2.49. The Morgan fingerprint density at radius 3 is 3.00 bits per heavy atom. The molecule has 0 amide bonds. The molecule has 1 N–H and O–H groups in total. The van der Waals surface area contributed by atoms with Crippen molar-refractivity contribution in [2.24, 2.45) is 0 Å². The molecule has 0 bridgehead atoms. The van der Waals surface area contributed by atoms with Crippen molar-refractivity contribution in [2.75, 3.05) is 6.54 Å². The van der Waals surface area contributed by atoms with Crippen molar-refractivity contribution in [3.05, 3.63) is 17.5 Å². The molecule has 0 unspecified atom stereocenters. The number of likely N-dealkylation sites (tertiary alicyclic amines) is 1. The molecule has 1 saturated carbocycles. The highest BCUT2D eigenvalue weighted by atomic mass is 16.5. The van der Waals surface area contributed by atoms with Crippen molar-refractivity contribution in [3.63, 3.8) is 0 Å². The molecule has 1 aliphatic heterocycles. The second kappa shape index (κ2) is 4.67. The maximum atomic E-state index is 5.44. The van der Waals surface area contributed by atoms with Gasteiger partial charge in [-0.3, -0.25) is 4.90 Å². The zero-order chi connectivity index (χ0) is 12.6. The minimum Gasteiger partial charge on any atom is -0.360 e. The topological polar surface area (TPSA) is 41.3 Å². The van der Waals surface area contributed by atoms with Crippen LogP contribution in [0.3, 0.4) is 0 Å². The van der Waals surface area contributed by atoms with Gasteiger partial charge in [-0.05, 0) is 46.1 Å². The average molecular weight is 249 g/mol. The largest absolute Gasteiger partial charge is 0.360 e. The van der Waals surface area contributed by atoms with Crippen LogP contribution in [0.15, 0.2) is 10.6 Å². The molecule has 2 fully saturated rings. The highest BCUT2D eigenvalue weighted by Crippen LogP contribution is 2.29. The maximum Gasteiger partial charge on any atom is 0.151 e. The monoisotopic (exact) mass is 249 g/mol. The van der Waals surface area contributed by atoms with Gasteiger partial charge in [0.1, 0.15) is 0 Å². The molecule has 1 aromatic rings. The van der Waals surface area contributed by atoms with E-state index in [2.05, 4.69) is 35.3 Å². The molecule has 0 atom stereocenters. The van der Waals surface area contributed by atoms with Crippen molar-refractivity contribution in [2.45, 2.75) is 64.2 Å². The summed E-state index contributed by atoms with van der Waals surface area (Å²) in [5.74, 6) is 0.998. The zero-order valence-electron chi connectivity index (χ0n) is 11.4. The molecule has 1 aromatic heterocycles. The molecule has 100 valence electrons. The van der Waals surface area contributed by atoms with Crippen LogP contribution in [-0.2, 0) is 13.1 Å². The average Bonchev–Trinajstić information content (AvgIpc) is 2.96. The van der Waals surface area contributed by atoms with Crippen molar-refractivity contribution >= 4 is 0 Å². The fourth-order valence-corrected chi connectivity index (χ4v) is 2.69. The number of aromatic nitrogens is 1. The Hall–Kier alpha value is -0.870. The van der Waals surface area contributed by atoms with E-state index in [0.717, 1.165) is 30.6 Å². The highest BCUT2D eigenvalue weighted by Gasteiger charge is 2.32. The van der Waals surface area contributed by atoms with Gasteiger partial charge in [-0.1, -0.05) is 5.16 Å².